The molecule has 0 radical (unpaired) electrons. The number of anilines is 3. The normalized spacial score (nSPS) is 12.6. The summed E-state index contributed by atoms with van der Waals surface area (Å²) in [5.74, 6) is 0. The molecule has 0 aliphatic heterocycles. The van der Waals surface area contributed by atoms with Gasteiger partial charge in [0, 0.05) is 45.1 Å². The summed E-state index contributed by atoms with van der Waals surface area (Å²) in [5, 5.41) is 17.8. The Balaban J connectivity index is 1.17. The number of para-hydroxylation sites is 2. The number of fused-ring (bicyclic) bond motifs is 8. The average molecular weight is 798 g/mol. The van der Waals surface area contributed by atoms with Crippen LogP contribution in [0.2, 0.25) is 0 Å². The van der Waals surface area contributed by atoms with Crippen molar-refractivity contribution in [2.75, 3.05) is 10.6 Å². The molecule has 298 valence electrons. The third kappa shape index (κ3) is 6.11. The Morgan fingerprint density at radius 1 is 0.500 bits per heavy atom. The van der Waals surface area contributed by atoms with Crippen molar-refractivity contribution in [1.82, 2.24) is 4.57 Å². The molecule has 10 aromatic carbocycles. The maximum Gasteiger partial charge on any atom is 0.0790 e. The lowest BCUT2D eigenvalue weighted by Gasteiger charge is -2.32. The van der Waals surface area contributed by atoms with E-state index >= 15 is 0 Å². The minimum absolute atomic E-state index is 0.133. The minimum atomic E-state index is -0.133. The summed E-state index contributed by atoms with van der Waals surface area (Å²) < 4.78 is 2.54. The molecule has 0 unspecified atom stereocenters. The van der Waals surface area contributed by atoms with Crippen LogP contribution in [0.1, 0.15) is 37.0 Å². The molecular weight excluding hydrogens is 751 g/mol. The zero-order valence-corrected chi connectivity index (χ0v) is 35.1. The number of hydrogen-bond donors (Lipinski definition) is 2. The molecule has 11 rings (SSSR count). The molecule has 0 aliphatic rings. The molecule has 11 aromatic rings. The molecule has 0 saturated heterocycles. The largest absolute Gasteiger partial charge is 0.381 e. The van der Waals surface area contributed by atoms with Crippen molar-refractivity contribution in [1.29, 1.82) is 0 Å². The van der Waals surface area contributed by atoms with Crippen molar-refractivity contribution < 1.29 is 0 Å². The molecule has 0 saturated carbocycles. The molecule has 0 fully saturated rings. The lowest BCUT2D eigenvalue weighted by molar-refractivity contribution is 0.551. The van der Waals surface area contributed by atoms with Gasteiger partial charge in [-0.3, -0.25) is 0 Å². The predicted molar refractivity (Wildman–Crippen MR) is 265 cm³/mol. The van der Waals surface area contributed by atoms with Crippen LogP contribution < -0.4 is 10.6 Å². The van der Waals surface area contributed by atoms with E-state index in [0.717, 1.165) is 29.0 Å². The van der Waals surface area contributed by atoms with Crippen molar-refractivity contribution in [3.8, 4) is 16.8 Å². The van der Waals surface area contributed by atoms with Crippen molar-refractivity contribution in [3.63, 3.8) is 0 Å². The van der Waals surface area contributed by atoms with Crippen LogP contribution >= 0.6 is 0 Å². The standard InChI is InChI=1S/C59H47N3/c1-3-59(2,43-24-9-5-10-25-43)50-33-19-20-34-51(50)60-39-42-36-37-52(47-30-16-15-28-45(42)47)62-53-38-35-40-21-13-14-29-46(40)55(53)56-49-32-18-17-31-48(49)54(41-22-7-4-8-23-41)57(58(56)62)61-44-26-11-6-12-27-44/h4-38,60-61H,3,39H2,1-2H3/t59-/m0/s1. The van der Waals surface area contributed by atoms with Crippen LogP contribution in [0, 0.1) is 0 Å². The van der Waals surface area contributed by atoms with Crippen LogP contribution in [0.5, 0.6) is 0 Å². The highest BCUT2D eigenvalue weighted by molar-refractivity contribution is 6.34. The first-order valence-corrected chi connectivity index (χ1v) is 21.8. The second-order valence-corrected chi connectivity index (χ2v) is 16.6. The minimum Gasteiger partial charge on any atom is -0.381 e. The SMILES string of the molecule is CC[C@@](C)(c1ccccc1)c1ccccc1NCc1ccc(-n2c3ccc4ccccc4c3c3c4ccccc4c(-c4ccccc4)c(Nc4ccccc4)c32)c2ccccc12. The van der Waals surface area contributed by atoms with Crippen LogP contribution in [0.4, 0.5) is 17.1 Å². The fourth-order valence-corrected chi connectivity index (χ4v) is 10.0. The number of nitrogens with one attached hydrogen (secondary N) is 2. The fourth-order valence-electron chi connectivity index (χ4n) is 10.0. The second-order valence-electron chi connectivity index (χ2n) is 16.6. The van der Waals surface area contributed by atoms with Gasteiger partial charge < -0.3 is 15.2 Å². The topological polar surface area (TPSA) is 29.0 Å². The molecule has 3 nitrogen and oxygen atoms in total. The first-order chi connectivity index (χ1) is 30.6. The van der Waals surface area contributed by atoms with Gasteiger partial charge in [0.05, 0.1) is 22.4 Å². The third-order valence-electron chi connectivity index (χ3n) is 13.3. The maximum absolute atomic E-state index is 4.03. The molecule has 0 bridgehead atoms. The van der Waals surface area contributed by atoms with Crippen molar-refractivity contribution in [2.24, 2.45) is 0 Å². The van der Waals surface area contributed by atoms with Gasteiger partial charge in [0.15, 0.2) is 0 Å². The van der Waals surface area contributed by atoms with E-state index in [9.17, 15) is 0 Å². The zero-order valence-electron chi connectivity index (χ0n) is 35.1. The van der Waals surface area contributed by atoms with E-state index in [1.54, 1.807) is 0 Å². The molecule has 0 aliphatic carbocycles. The van der Waals surface area contributed by atoms with Crippen LogP contribution in [0.15, 0.2) is 212 Å². The quantitative estimate of drug-likeness (QED) is 0.144. The molecule has 1 atom stereocenters. The van der Waals surface area contributed by atoms with Crippen LogP contribution in [0.25, 0.3) is 70.9 Å². The van der Waals surface area contributed by atoms with E-state index < -0.39 is 0 Å². The third-order valence-corrected chi connectivity index (χ3v) is 13.3. The Hall–Kier alpha value is -7.62. The Labute approximate surface area is 362 Å². The predicted octanol–water partition coefficient (Wildman–Crippen LogP) is 16.0. The van der Waals surface area contributed by atoms with Gasteiger partial charge in [-0.1, -0.05) is 196 Å². The summed E-state index contributed by atoms with van der Waals surface area (Å²) in [6.07, 6.45) is 0.990. The average Bonchev–Trinajstić information content (AvgIpc) is 3.70. The molecular formula is C59H47N3. The van der Waals surface area contributed by atoms with E-state index in [2.05, 4.69) is 241 Å². The molecule has 1 heterocycles. The summed E-state index contributed by atoms with van der Waals surface area (Å²) in [6.45, 7) is 5.35. The van der Waals surface area contributed by atoms with E-state index in [1.807, 2.05) is 0 Å². The summed E-state index contributed by atoms with van der Waals surface area (Å²) in [4.78, 5) is 0. The van der Waals surface area contributed by atoms with E-state index in [0.29, 0.717) is 6.54 Å². The maximum atomic E-state index is 4.03. The number of rotatable bonds is 10. The second kappa shape index (κ2) is 15.4. The van der Waals surface area contributed by atoms with Gasteiger partial charge in [0.25, 0.3) is 0 Å². The first kappa shape index (κ1) is 37.4. The van der Waals surface area contributed by atoms with Crippen molar-refractivity contribution in [3.05, 3.63) is 229 Å². The highest BCUT2D eigenvalue weighted by atomic mass is 15.0. The molecule has 1 aromatic heterocycles. The molecule has 62 heavy (non-hydrogen) atoms. The van der Waals surface area contributed by atoms with Crippen LogP contribution in [-0.2, 0) is 12.0 Å². The van der Waals surface area contributed by atoms with Gasteiger partial charge in [-0.05, 0) is 85.9 Å². The molecule has 0 amide bonds. The van der Waals surface area contributed by atoms with Crippen molar-refractivity contribution in [2.45, 2.75) is 32.2 Å². The number of nitrogens with zero attached hydrogens (tertiary/aromatic N) is 1. The lowest BCUT2D eigenvalue weighted by Crippen LogP contribution is -2.24. The van der Waals surface area contributed by atoms with E-state index in [-0.39, 0.29) is 5.41 Å². The fraction of sp³-hybridized carbons (Fsp3) is 0.0847. The van der Waals surface area contributed by atoms with Gasteiger partial charge >= 0.3 is 0 Å². The number of aromatic nitrogens is 1. The Morgan fingerprint density at radius 2 is 1.11 bits per heavy atom. The zero-order chi connectivity index (χ0) is 41.6. The molecule has 0 spiro atoms. The van der Waals surface area contributed by atoms with Gasteiger partial charge in [-0.2, -0.15) is 0 Å². The monoisotopic (exact) mass is 797 g/mol. The Kier molecular flexibility index (Phi) is 9.31. The summed E-state index contributed by atoms with van der Waals surface area (Å²) in [6, 6.07) is 77.3. The lowest BCUT2D eigenvalue weighted by atomic mass is 9.73. The van der Waals surface area contributed by atoms with E-state index in [1.165, 1.54) is 82.1 Å². The summed E-state index contributed by atoms with van der Waals surface area (Å²) in [7, 11) is 0. The first-order valence-electron chi connectivity index (χ1n) is 21.8. The summed E-state index contributed by atoms with van der Waals surface area (Å²) >= 11 is 0. The smallest absolute Gasteiger partial charge is 0.0790 e. The highest BCUT2D eigenvalue weighted by Gasteiger charge is 2.30. The van der Waals surface area contributed by atoms with Gasteiger partial charge in [0.2, 0.25) is 0 Å². The molecule has 3 heteroatoms. The Bertz CT molecular complexity index is 3420. The molecule has 2 N–H and O–H groups in total. The number of hydrogen-bond acceptors (Lipinski definition) is 2. The number of benzene rings is 10. The highest BCUT2D eigenvalue weighted by Crippen LogP contribution is 2.50. The Morgan fingerprint density at radius 3 is 1.87 bits per heavy atom. The van der Waals surface area contributed by atoms with Crippen LogP contribution in [0.3, 0.4) is 0 Å². The van der Waals surface area contributed by atoms with Gasteiger partial charge in [-0.25, -0.2) is 0 Å². The van der Waals surface area contributed by atoms with Gasteiger partial charge in [0.1, 0.15) is 0 Å². The van der Waals surface area contributed by atoms with Gasteiger partial charge in [-0.15, -0.1) is 0 Å². The van der Waals surface area contributed by atoms with Crippen LogP contribution in [-0.4, -0.2) is 4.57 Å². The van der Waals surface area contributed by atoms with E-state index in [4.69, 9.17) is 0 Å². The van der Waals surface area contributed by atoms with Crippen molar-refractivity contribution >= 4 is 71.2 Å². The summed E-state index contributed by atoms with van der Waals surface area (Å²) in [5.41, 5.74) is 12.9.